The van der Waals surface area contributed by atoms with Crippen LogP contribution < -0.4 is 10.2 Å². The molecule has 1 aromatic rings. The molecular formula is C12H12FN3O. The number of carbonyl (C=O) groups excluding carboxylic acids is 1. The van der Waals surface area contributed by atoms with Gasteiger partial charge in [-0.3, -0.25) is 4.79 Å². The van der Waals surface area contributed by atoms with Crippen LogP contribution >= 0.6 is 0 Å². The standard InChI is InChI=1S/C12H12FN3O/c1-8(17)15-9-6-16(7-9)12-4-2-3-11(13)10(12)5-14/h2-4,9H,6-7H2,1H3,(H,15,17). The molecule has 0 spiro atoms. The van der Waals surface area contributed by atoms with E-state index >= 15 is 0 Å². The van der Waals surface area contributed by atoms with Crippen LogP contribution in [0.15, 0.2) is 18.2 Å². The fourth-order valence-corrected chi connectivity index (χ4v) is 1.94. The number of hydrogen-bond donors (Lipinski definition) is 1. The average molecular weight is 233 g/mol. The predicted octanol–water partition coefficient (Wildman–Crippen LogP) is 1.02. The molecule has 1 aromatic carbocycles. The zero-order valence-electron chi connectivity index (χ0n) is 9.40. The smallest absolute Gasteiger partial charge is 0.217 e. The summed E-state index contributed by atoms with van der Waals surface area (Å²) in [5, 5.41) is 11.7. The highest BCUT2D eigenvalue weighted by atomic mass is 19.1. The third-order valence-corrected chi connectivity index (χ3v) is 2.73. The zero-order valence-corrected chi connectivity index (χ0v) is 9.40. The Hall–Kier alpha value is -2.09. The fourth-order valence-electron chi connectivity index (χ4n) is 1.94. The van der Waals surface area contributed by atoms with Crippen LogP contribution in [0.25, 0.3) is 0 Å². The fraction of sp³-hybridized carbons (Fsp3) is 0.333. The Morgan fingerprint density at radius 1 is 1.59 bits per heavy atom. The molecule has 1 aliphatic heterocycles. The van der Waals surface area contributed by atoms with Gasteiger partial charge in [0.2, 0.25) is 5.91 Å². The molecule has 1 saturated heterocycles. The number of rotatable bonds is 2. The Morgan fingerprint density at radius 2 is 2.29 bits per heavy atom. The molecule has 2 rings (SSSR count). The van der Waals surface area contributed by atoms with Crippen molar-refractivity contribution in [3.63, 3.8) is 0 Å². The lowest BCUT2D eigenvalue weighted by Crippen LogP contribution is -2.59. The molecule has 0 atom stereocenters. The minimum Gasteiger partial charge on any atom is -0.366 e. The lowest BCUT2D eigenvalue weighted by Gasteiger charge is -2.41. The van der Waals surface area contributed by atoms with E-state index in [4.69, 9.17) is 5.26 Å². The van der Waals surface area contributed by atoms with Gasteiger partial charge in [-0.2, -0.15) is 5.26 Å². The van der Waals surface area contributed by atoms with E-state index in [0.29, 0.717) is 18.8 Å². The molecule has 0 saturated carbocycles. The summed E-state index contributed by atoms with van der Waals surface area (Å²) < 4.78 is 13.4. The van der Waals surface area contributed by atoms with Gasteiger partial charge in [0, 0.05) is 20.0 Å². The minimum atomic E-state index is -0.507. The molecule has 17 heavy (non-hydrogen) atoms. The second-order valence-corrected chi connectivity index (χ2v) is 4.05. The van der Waals surface area contributed by atoms with Crippen LogP contribution in [0, 0.1) is 17.1 Å². The molecule has 1 aliphatic rings. The van der Waals surface area contributed by atoms with Crippen LogP contribution in [0.4, 0.5) is 10.1 Å². The number of amides is 1. The molecule has 0 aromatic heterocycles. The number of nitrogens with one attached hydrogen (secondary N) is 1. The van der Waals surface area contributed by atoms with E-state index in [2.05, 4.69) is 5.32 Å². The van der Waals surface area contributed by atoms with Crippen LogP contribution in [0.5, 0.6) is 0 Å². The summed E-state index contributed by atoms with van der Waals surface area (Å²) >= 11 is 0. The summed E-state index contributed by atoms with van der Waals surface area (Å²) in [6.45, 7) is 2.68. The first kappa shape index (κ1) is 11.4. The summed E-state index contributed by atoms with van der Waals surface area (Å²) in [5.41, 5.74) is 0.655. The summed E-state index contributed by atoms with van der Waals surface area (Å²) in [4.78, 5) is 12.7. The molecule has 88 valence electrons. The van der Waals surface area contributed by atoms with Gasteiger partial charge in [0.15, 0.2) is 0 Å². The van der Waals surface area contributed by atoms with Crippen molar-refractivity contribution in [3.05, 3.63) is 29.6 Å². The van der Waals surface area contributed by atoms with Gasteiger partial charge in [-0.1, -0.05) is 6.07 Å². The molecule has 1 fully saturated rings. The zero-order chi connectivity index (χ0) is 12.4. The van der Waals surface area contributed by atoms with E-state index in [9.17, 15) is 9.18 Å². The highest BCUT2D eigenvalue weighted by molar-refractivity contribution is 5.74. The molecule has 0 bridgehead atoms. The van der Waals surface area contributed by atoms with Crippen molar-refractivity contribution in [2.45, 2.75) is 13.0 Å². The minimum absolute atomic E-state index is 0.0637. The van der Waals surface area contributed by atoms with E-state index in [0.717, 1.165) is 0 Å². The van der Waals surface area contributed by atoms with Gasteiger partial charge in [0.25, 0.3) is 0 Å². The largest absolute Gasteiger partial charge is 0.366 e. The molecule has 1 amide bonds. The highest BCUT2D eigenvalue weighted by Crippen LogP contribution is 2.26. The topological polar surface area (TPSA) is 56.1 Å². The van der Waals surface area contributed by atoms with E-state index < -0.39 is 5.82 Å². The Bertz CT molecular complexity index is 489. The van der Waals surface area contributed by atoms with Crippen molar-refractivity contribution in [1.29, 1.82) is 5.26 Å². The molecule has 0 aliphatic carbocycles. The molecule has 0 unspecified atom stereocenters. The molecular weight excluding hydrogens is 221 g/mol. The van der Waals surface area contributed by atoms with Crippen LogP contribution in [-0.2, 0) is 4.79 Å². The number of nitrogens with zero attached hydrogens (tertiary/aromatic N) is 2. The SMILES string of the molecule is CC(=O)NC1CN(c2cccc(F)c2C#N)C1. The van der Waals surface area contributed by atoms with Crippen molar-refractivity contribution in [2.24, 2.45) is 0 Å². The lowest BCUT2D eigenvalue weighted by atomic mass is 10.0. The number of hydrogen-bond acceptors (Lipinski definition) is 3. The highest BCUT2D eigenvalue weighted by Gasteiger charge is 2.29. The molecule has 0 radical (unpaired) electrons. The van der Waals surface area contributed by atoms with E-state index in [1.165, 1.54) is 13.0 Å². The van der Waals surface area contributed by atoms with E-state index in [1.807, 2.05) is 11.0 Å². The summed E-state index contributed by atoms with van der Waals surface area (Å²) in [7, 11) is 0. The van der Waals surface area contributed by atoms with E-state index in [-0.39, 0.29) is 17.5 Å². The molecule has 5 heteroatoms. The van der Waals surface area contributed by atoms with Gasteiger partial charge >= 0.3 is 0 Å². The maximum atomic E-state index is 13.4. The maximum absolute atomic E-state index is 13.4. The summed E-state index contributed by atoms with van der Waals surface area (Å²) in [5.74, 6) is -0.581. The molecule has 1 N–H and O–H groups in total. The first-order valence-corrected chi connectivity index (χ1v) is 5.32. The predicted molar refractivity (Wildman–Crippen MR) is 60.9 cm³/mol. The number of benzene rings is 1. The van der Waals surface area contributed by atoms with Crippen LogP contribution in [0.3, 0.4) is 0 Å². The maximum Gasteiger partial charge on any atom is 0.217 e. The quantitative estimate of drug-likeness (QED) is 0.829. The first-order valence-electron chi connectivity index (χ1n) is 5.32. The van der Waals surface area contributed by atoms with Crippen LogP contribution in [0.2, 0.25) is 0 Å². The first-order chi connectivity index (χ1) is 8.11. The number of nitriles is 1. The van der Waals surface area contributed by atoms with Gasteiger partial charge in [-0.05, 0) is 12.1 Å². The van der Waals surface area contributed by atoms with Gasteiger partial charge in [-0.25, -0.2) is 4.39 Å². The normalized spacial score (nSPS) is 15.0. The Labute approximate surface area is 98.6 Å². The lowest BCUT2D eigenvalue weighted by molar-refractivity contribution is -0.119. The van der Waals surface area contributed by atoms with Gasteiger partial charge in [0.1, 0.15) is 17.4 Å². The van der Waals surface area contributed by atoms with Crippen LogP contribution in [-0.4, -0.2) is 25.0 Å². The average Bonchev–Trinajstić information content (AvgIpc) is 2.22. The monoisotopic (exact) mass is 233 g/mol. The number of carbonyl (C=O) groups is 1. The van der Waals surface area contributed by atoms with Crippen molar-refractivity contribution < 1.29 is 9.18 Å². The molecule has 4 nitrogen and oxygen atoms in total. The van der Waals surface area contributed by atoms with Crippen LogP contribution in [0.1, 0.15) is 12.5 Å². The summed E-state index contributed by atoms with van der Waals surface area (Å²) in [6.07, 6.45) is 0. The Kier molecular flexibility index (Phi) is 2.96. The van der Waals surface area contributed by atoms with E-state index in [1.54, 1.807) is 12.1 Å². The second kappa shape index (κ2) is 4.42. The second-order valence-electron chi connectivity index (χ2n) is 4.05. The number of anilines is 1. The molecule has 1 heterocycles. The third-order valence-electron chi connectivity index (χ3n) is 2.73. The van der Waals surface area contributed by atoms with Crippen molar-refractivity contribution in [1.82, 2.24) is 5.32 Å². The van der Waals surface area contributed by atoms with Gasteiger partial charge in [-0.15, -0.1) is 0 Å². The Morgan fingerprint density at radius 3 is 2.88 bits per heavy atom. The third kappa shape index (κ3) is 2.21. The van der Waals surface area contributed by atoms with Crippen molar-refractivity contribution >= 4 is 11.6 Å². The van der Waals surface area contributed by atoms with Gasteiger partial charge < -0.3 is 10.2 Å². The summed E-state index contributed by atoms with van der Waals surface area (Å²) in [6, 6.07) is 6.52. The number of halogens is 1. The Balaban J connectivity index is 2.09. The van der Waals surface area contributed by atoms with Crippen molar-refractivity contribution in [2.75, 3.05) is 18.0 Å². The van der Waals surface area contributed by atoms with Gasteiger partial charge in [0.05, 0.1) is 11.7 Å². The van der Waals surface area contributed by atoms with Crippen molar-refractivity contribution in [3.8, 4) is 6.07 Å².